The quantitative estimate of drug-likeness (QED) is 0.151. The first-order valence-corrected chi connectivity index (χ1v) is 16.4. The van der Waals surface area contributed by atoms with Crippen LogP contribution in [0.1, 0.15) is 80.1 Å². The summed E-state index contributed by atoms with van der Waals surface area (Å²) in [5.74, 6) is 0.824. The van der Waals surface area contributed by atoms with Crippen molar-refractivity contribution in [1.82, 2.24) is 19.1 Å². The predicted octanol–water partition coefficient (Wildman–Crippen LogP) is 7.32. The second-order valence-electron chi connectivity index (χ2n) is 14.1. The van der Waals surface area contributed by atoms with E-state index in [-0.39, 0.29) is 17.8 Å². The molecule has 2 aromatic heterocycles. The average molecular weight is 673 g/mol. The number of hydrogen-bond acceptors (Lipinski definition) is 10. The normalized spacial score (nSPS) is 13.3. The Kier molecular flexibility index (Phi) is 11.4. The molecule has 1 fully saturated rings. The second-order valence-corrected chi connectivity index (χ2v) is 14.1. The molecule has 0 unspecified atom stereocenters. The zero-order chi connectivity index (χ0) is 35.9. The van der Waals surface area contributed by atoms with E-state index in [0.717, 1.165) is 12.0 Å². The summed E-state index contributed by atoms with van der Waals surface area (Å²) in [4.78, 5) is 45.1. The van der Waals surface area contributed by atoms with Gasteiger partial charge in [-0.05, 0) is 78.1 Å². The van der Waals surface area contributed by atoms with Gasteiger partial charge in [-0.1, -0.05) is 49.9 Å². The molecule has 0 saturated heterocycles. The van der Waals surface area contributed by atoms with Gasteiger partial charge < -0.3 is 32.0 Å². The van der Waals surface area contributed by atoms with Gasteiger partial charge in [-0.3, -0.25) is 4.79 Å². The molecule has 1 saturated carbocycles. The summed E-state index contributed by atoms with van der Waals surface area (Å²) in [6, 6.07) is 14.4. The van der Waals surface area contributed by atoms with Crippen molar-refractivity contribution in [3.63, 3.8) is 0 Å². The van der Waals surface area contributed by atoms with Crippen molar-refractivity contribution in [3.8, 4) is 22.5 Å². The maximum Gasteiger partial charge on any atom is 0.421 e. The molecule has 0 atom stereocenters. The van der Waals surface area contributed by atoms with E-state index in [2.05, 4.69) is 15.3 Å². The first-order chi connectivity index (χ1) is 23.0. The number of nitrogens with two attached hydrogens (primary N) is 3. The number of imidazole rings is 2. The smallest absolute Gasteiger partial charge is 0.421 e. The van der Waals surface area contributed by atoms with E-state index in [1.165, 1.54) is 47.2 Å². The number of nitrogens with one attached hydrogen (secondary N) is 1. The molecule has 7 N–H and O–H groups in total. The molecule has 262 valence electrons. The molecule has 1 amide bonds. The molecule has 0 radical (unpaired) electrons. The molecule has 4 aromatic rings. The van der Waals surface area contributed by atoms with Gasteiger partial charge in [0.1, 0.15) is 11.2 Å². The number of hydrogen-bond donors (Lipinski definition) is 4. The number of benzene rings is 2. The zero-order valence-corrected chi connectivity index (χ0v) is 29.2. The van der Waals surface area contributed by atoms with Crippen molar-refractivity contribution in [2.24, 2.45) is 5.92 Å². The lowest BCUT2D eigenvalue weighted by Crippen LogP contribution is -2.28. The van der Waals surface area contributed by atoms with Gasteiger partial charge in [0.15, 0.2) is 0 Å². The van der Waals surface area contributed by atoms with E-state index >= 15 is 0 Å². The van der Waals surface area contributed by atoms with Gasteiger partial charge in [-0.15, -0.1) is 0 Å². The van der Waals surface area contributed by atoms with Gasteiger partial charge in [-0.2, -0.15) is 0 Å². The minimum atomic E-state index is -0.653. The zero-order valence-electron chi connectivity index (χ0n) is 29.2. The van der Waals surface area contributed by atoms with Crippen LogP contribution in [0.4, 0.5) is 32.9 Å². The molecular formula is C36H48N8O5. The number of amides is 1. The van der Waals surface area contributed by atoms with E-state index in [1.807, 2.05) is 30.3 Å². The van der Waals surface area contributed by atoms with Crippen LogP contribution in [0.5, 0.6) is 0 Å². The molecule has 0 bridgehead atoms. The monoisotopic (exact) mass is 672 g/mol. The molecule has 2 aromatic carbocycles. The molecule has 2 heterocycles. The Morgan fingerprint density at radius 1 is 0.776 bits per heavy atom. The van der Waals surface area contributed by atoms with Gasteiger partial charge in [0.05, 0.1) is 23.8 Å². The average Bonchev–Trinajstić information content (AvgIpc) is 3.75. The molecule has 1 aliphatic carbocycles. The van der Waals surface area contributed by atoms with Crippen LogP contribution in [0.3, 0.4) is 0 Å². The summed E-state index contributed by atoms with van der Waals surface area (Å²) in [5.41, 5.74) is 19.9. The van der Waals surface area contributed by atoms with Crippen LogP contribution in [-0.2, 0) is 14.3 Å². The predicted molar refractivity (Wildman–Crippen MR) is 192 cm³/mol. The summed E-state index contributed by atoms with van der Waals surface area (Å²) in [7, 11) is 0. The van der Waals surface area contributed by atoms with Crippen molar-refractivity contribution in [1.29, 1.82) is 0 Å². The number of rotatable bonds is 6. The third-order valence-corrected chi connectivity index (χ3v) is 7.61. The number of carbonyl (C=O) groups is 3. The second kappa shape index (κ2) is 15.3. The Bertz CT molecular complexity index is 1770. The van der Waals surface area contributed by atoms with Gasteiger partial charge in [0, 0.05) is 28.9 Å². The molecule has 1 aliphatic rings. The maximum absolute atomic E-state index is 12.6. The largest absolute Gasteiger partial charge is 0.443 e. The Morgan fingerprint density at radius 3 is 1.76 bits per heavy atom. The lowest BCUT2D eigenvalue weighted by molar-refractivity contribution is -0.116. The highest BCUT2D eigenvalue weighted by Gasteiger charge is 2.24. The molecule has 13 nitrogen and oxygen atoms in total. The highest BCUT2D eigenvalue weighted by molar-refractivity contribution is 5.92. The lowest BCUT2D eigenvalue weighted by Gasteiger charge is -2.20. The van der Waals surface area contributed by atoms with Crippen LogP contribution in [0.25, 0.3) is 22.5 Å². The summed E-state index contributed by atoms with van der Waals surface area (Å²) < 4.78 is 13.2. The number of nitrogen functional groups attached to an aromatic ring is 3. The van der Waals surface area contributed by atoms with Gasteiger partial charge >= 0.3 is 12.2 Å². The first-order valence-electron chi connectivity index (χ1n) is 16.4. The molecule has 49 heavy (non-hydrogen) atoms. The third-order valence-electron chi connectivity index (χ3n) is 7.61. The number of nitrogens with zero attached hydrogens (tertiary/aromatic N) is 4. The standard InChI is InChI=1S/C22H30N4O3.C14H18N4O2/c1-22(2,3)29-21(28)26-18(14-24-20(26)23)16-9-6-10-17(13-16)25-19(27)12-11-15-7-4-5-8-15;1-14(2,3)20-13(19)18-11(8-17-12(18)16)9-5-4-6-10(15)7-9/h6,9-10,13-15H,4-5,7-8,11-12H2,1-3H3,(H2,23,24)(H,25,27);4-8H,15H2,1-3H3,(H2,16,17). The van der Waals surface area contributed by atoms with Crippen molar-refractivity contribution in [2.45, 2.75) is 91.3 Å². The van der Waals surface area contributed by atoms with Crippen LogP contribution in [0.2, 0.25) is 0 Å². The van der Waals surface area contributed by atoms with E-state index in [0.29, 0.717) is 40.7 Å². The summed E-state index contributed by atoms with van der Waals surface area (Å²) in [6.07, 6.45) is 8.39. The lowest BCUT2D eigenvalue weighted by atomic mass is 10.0. The molecule has 13 heteroatoms. The Morgan fingerprint density at radius 2 is 1.27 bits per heavy atom. The van der Waals surface area contributed by atoms with Crippen LogP contribution in [0.15, 0.2) is 60.9 Å². The van der Waals surface area contributed by atoms with Crippen molar-refractivity contribution >= 4 is 41.4 Å². The van der Waals surface area contributed by atoms with Crippen molar-refractivity contribution in [2.75, 3.05) is 22.5 Å². The molecule has 0 aliphatic heterocycles. The highest BCUT2D eigenvalue weighted by atomic mass is 16.6. The number of aromatic nitrogens is 4. The fraction of sp³-hybridized carbons (Fsp3) is 0.417. The van der Waals surface area contributed by atoms with Gasteiger partial charge in [0.2, 0.25) is 17.8 Å². The molecule has 0 spiro atoms. The van der Waals surface area contributed by atoms with Crippen LogP contribution < -0.4 is 22.5 Å². The minimum absolute atomic E-state index is 0.00853. The van der Waals surface area contributed by atoms with Gasteiger partial charge in [0.25, 0.3) is 0 Å². The Balaban J connectivity index is 0.000000237. The van der Waals surface area contributed by atoms with Crippen molar-refractivity contribution in [3.05, 3.63) is 60.9 Å². The minimum Gasteiger partial charge on any atom is -0.443 e. The van der Waals surface area contributed by atoms with Crippen LogP contribution in [-0.4, -0.2) is 48.4 Å². The number of anilines is 4. The van der Waals surface area contributed by atoms with Crippen LogP contribution in [0, 0.1) is 5.92 Å². The fourth-order valence-electron chi connectivity index (χ4n) is 5.45. The fourth-order valence-corrected chi connectivity index (χ4v) is 5.45. The molecular weight excluding hydrogens is 624 g/mol. The van der Waals surface area contributed by atoms with Gasteiger partial charge in [-0.25, -0.2) is 28.7 Å². The topological polar surface area (TPSA) is 195 Å². The van der Waals surface area contributed by atoms with Crippen LogP contribution >= 0.6 is 0 Å². The summed E-state index contributed by atoms with van der Waals surface area (Å²) in [5, 5.41) is 2.95. The van der Waals surface area contributed by atoms with E-state index in [4.69, 9.17) is 26.7 Å². The van der Waals surface area contributed by atoms with E-state index < -0.39 is 23.4 Å². The van der Waals surface area contributed by atoms with E-state index in [1.54, 1.807) is 59.7 Å². The summed E-state index contributed by atoms with van der Waals surface area (Å²) >= 11 is 0. The van der Waals surface area contributed by atoms with Crippen molar-refractivity contribution < 1.29 is 23.9 Å². The Hall–Kier alpha value is -5.33. The summed E-state index contributed by atoms with van der Waals surface area (Å²) in [6.45, 7) is 10.7. The SMILES string of the molecule is CC(C)(C)OC(=O)n1c(-c2cccc(N)c2)cnc1N.CC(C)(C)OC(=O)n1c(-c2cccc(NC(=O)CCC3CCCC3)c2)cnc1N. The Labute approximate surface area is 287 Å². The van der Waals surface area contributed by atoms with E-state index in [9.17, 15) is 14.4 Å². The number of ether oxygens (including phenoxy) is 2. The maximum atomic E-state index is 12.6. The molecule has 5 rings (SSSR count). The number of carbonyl (C=O) groups excluding carboxylic acids is 3. The highest BCUT2D eigenvalue weighted by Crippen LogP contribution is 2.30. The third kappa shape index (κ3) is 10.3. The first kappa shape index (κ1) is 36.5.